The molecule has 10 aromatic carbocycles. The second-order valence-corrected chi connectivity index (χ2v) is 14.6. The van der Waals surface area contributed by atoms with Gasteiger partial charge in [-0.25, -0.2) is 9.59 Å². The molecule has 0 atom stereocenters. The lowest BCUT2D eigenvalue weighted by Crippen LogP contribution is -2.12. The highest BCUT2D eigenvalue weighted by atomic mass is 16.5. The zero-order valence-electron chi connectivity index (χ0n) is 32.2. The smallest absolute Gasteiger partial charge is 0.338 e. The summed E-state index contributed by atoms with van der Waals surface area (Å²) in [6, 6.07) is 58.5. The topological polar surface area (TPSA) is 52.6 Å². The second kappa shape index (κ2) is 14.3. The molecule has 0 aliphatic rings. The molecule has 10 aromatic rings. The zero-order chi connectivity index (χ0) is 39.3. The Balaban J connectivity index is 1.28. The van der Waals surface area contributed by atoms with Gasteiger partial charge in [0.25, 0.3) is 0 Å². The molecule has 58 heavy (non-hydrogen) atoms. The van der Waals surface area contributed by atoms with Crippen LogP contribution in [0, 0.1) is 0 Å². The molecule has 0 aromatic heterocycles. The molecule has 0 aliphatic carbocycles. The average molecular weight is 751 g/mol. The largest absolute Gasteiger partial charge is 0.462 e. The van der Waals surface area contributed by atoms with Crippen molar-refractivity contribution in [3.63, 3.8) is 0 Å². The molecule has 0 heterocycles. The molecule has 0 amide bonds. The fourth-order valence-electron chi connectivity index (χ4n) is 8.96. The second-order valence-electron chi connectivity index (χ2n) is 14.6. The van der Waals surface area contributed by atoms with E-state index < -0.39 is 11.9 Å². The first-order valence-corrected chi connectivity index (χ1v) is 19.8. The van der Waals surface area contributed by atoms with E-state index >= 15 is 0 Å². The minimum absolute atomic E-state index is 0.203. The van der Waals surface area contributed by atoms with Gasteiger partial charge in [-0.1, -0.05) is 152 Å². The third-order valence-electron chi connectivity index (χ3n) is 11.4. The fourth-order valence-corrected chi connectivity index (χ4v) is 8.96. The van der Waals surface area contributed by atoms with Crippen LogP contribution in [0.4, 0.5) is 0 Å². The van der Waals surface area contributed by atoms with Crippen molar-refractivity contribution in [2.24, 2.45) is 0 Å². The number of hydrogen-bond acceptors (Lipinski definition) is 4. The van der Waals surface area contributed by atoms with E-state index in [1.165, 1.54) is 5.39 Å². The maximum absolute atomic E-state index is 14.2. The fraction of sp³-hybridized carbons (Fsp3) is 0.0741. The lowest BCUT2D eigenvalue weighted by Gasteiger charge is -2.20. The van der Waals surface area contributed by atoms with Crippen molar-refractivity contribution in [3.8, 4) is 44.5 Å². The SMILES string of the molecule is CCOC(=O)c1cc(-c2ccc3ccc4cccc5ccc2c3c45)c(C(=O)OCC)cc1-c1ccc2c(-c3ccccc3)c3ccccc3c(-c3ccccc3)c2c1. The summed E-state index contributed by atoms with van der Waals surface area (Å²) in [5.41, 5.74) is 8.04. The number of carbonyl (C=O) groups is 2. The average Bonchev–Trinajstić information content (AvgIpc) is 3.27. The van der Waals surface area contributed by atoms with Gasteiger partial charge in [-0.15, -0.1) is 0 Å². The molecule has 4 heteroatoms. The van der Waals surface area contributed by atoms with Gasteiger partial charge < -0.3 is 9.47 Å². The predicted molar refractivity (Wildman–Crippen MR) is 239 cm³/mol. The minimum atomic E-state index is -0.460. The molecule has 0 aliphatic heterocycles. The van der Waals surface area contributed by atoms with Crippen molar-refractivity contribution in [1.82, 2.24) is 0 Å². The monoisotopic (exact) mass is 750 g/mol. The molecular weight excluding hydrogens is 713 g/mol. The molecule has 278 valence electrons. The van der Waals surface area contributed by atoms with Crippen LogP contribution in [0.5, 0.6) is 0 Å². The summed E-state index contributed by atoms with van der Waals surface area (Å²) >= 11 is 0. The lowest BCUT2D eigenvalue weighted by atomic mass is 9.83. The number of carbonyl (C=O) groups excluding carboxylic acids is 2. The Morgan fingerprint density at radius 2 is 0.862 bits per heavy atom. The zero-order valence-corrected chi connectivity index (χ0v) is 32.2. The van der Waals surface area contributed by atoms with E-state index in [0.29, 0.717) is 22.3 Å². The molecule has 0 unspecified atom stereocenters. The maximum atomic E-state index is 14.2. The molecule has 0 saturated heterocycles. The third-order valence-corrected chi connectivity index (χ3v) is 11.4. The number of benzene rings is 10. The van der Waals surface area contributed by atoms with Crippen molar-refractivity contribution in [1.29, 1.82) is 0 Å². The van der Waals surface area contributed by atoms with E-state index in [9.17, 15) is 9.59 Å². The summed E-state index contributed by atoms with van der Waals surface area (Å²) < 4.78 is 11.5. The van der Waals surface area contributed by atoms with Crippen LogP contribution in [0.15, 0.2) is 170 Å². The van der Waals surface area contributed by atoms with E-state index in [-0.39, 0.29) is 13.2 Å². The molecule has 0 fully saturated rings. The first kappa shape index (κ1) is 35.1. The third kappa shape index (κ3) is 5.68. The van der Waals surface area contributed by atoms with Gasteiger partial charge in [0, 0.05) is 0 Å². The first-order chi connectivity index (χ1) is 28.5. The number of fused-ring (bicyclic) bond motifs is 2. The standard InChI is InChI=1S/C54H38O4/c1-3-57-53(55)47-32-45(39-27-24-37-23-22-35-18-13-19-36-25-28-42(39)52(37)49(35)36)48(54(56)58-4-2)31-44(47)38-26-29-43-46(30-38)51(34-16-9-6-10-17-34)41-21-12-11-20-40(41)50(43)33-14-7-5-8-15-33/h5-32H,3-4H2,1-2H3. The molecule has 0 bridgehead atoms. The van der Waals surface area contributed by atoms with Crippen LogP contribution >= 0.6 is 0 Å². The van der Waals surface area contributed by atoms with Crippen LogP contribution in [0.3, 0.4) is 0 Å². The van der Waals surface area contributed by atoms with Gasteiger partial charge in [0.15, 0.2) is 0 Å². The number of rotatable bonds is 8. The van der Waals surface area contributed by atoms with E-state index in [1.54, 1.807) is 0 Å². The van der Waals surface area contributed by atoms with Gasteiger partial charge in [0.1, 0.15) is 0 Å². The van der Waals surface area contributed by atoms with Crippen LogP contribution in [0.25, 0.3) is 98.4 Å². The molecule has 0 saturated carbocycles. The van der Waals surface area contributed by atoms with Crippen LogP contribution in [0.2, 0.25) is 0 Å². The van der Waals surface area contributed by atoms with Crippen molar-refractivity contribution >= 4 is 65.8 Å². The van der Waals surface area contributed by atoms with E-state index in [0.717, 1.165) is 81.9 Å². The summed E-state index contributed by atoms with van der Waals surface area (Å²) in [5.74, 6) is -0.915. The highest BCUT2D eigenvalue weighted by molar-refractivity contribution is 6.26. The van der Waals surface area contributed by atoms with E-state index in [4.69, 9.17) is 9.47 Å². The summed E-state index contributed by atoms with van der Waals surface area (Å²) in [4.78, 5) is 28.4. The van der Waals surface area contributed by atoms with Crippen LogP contribution in [-0.2, 0) is 9.47 Å². The molecular formula is C54H38O4. The Hall–Kier alpha value is -7.30. The molecule has 0 N–H and O–H groups in total. The summed E-state index contributed by atoms with van der Waals surface area (Å²) in [5, 5.41) is 11.1. The number of esters is 2. The maximum Gasteiger partial charge on any atom is 0.338 e. The summed E-state index contributed by atoms with van der Waals surface area (Å²) in [7, 11) is 0. The summed E-state index contributed by atoms with van der Waals surface area (Å²) in [6.45, 7) is 4.03. The van der Waals surface area contributed by atoms with Gasteiger partial charge in [-0.2, -0.15) is 0 Å². The van der Waals surface area contributed by atoms with Gasteiger partial charge in [0.05, 0.1) is 24.3 Å². The van der Waals surface area contributed by atoms with Crippen LogP contribution < -0.4 is 0 Å². The highest BCUT2D eigenvalue weighted by Gasteiger charge is 2.26. The Kier molecular flexibility index (Phi) is 8.68. The Morgan fingerprint density at radius 3 is 1.48 bits per heavy atom. The molecule has 0 spiro atoms. The van der Waals surface area contributed by atoms with Crippen LogP contribution in [-0.4, -0.2) is 25.2 Å². The first-order valence-electron chi connectivity index (χ1n) is 19.8. The minimum Gasteiger partial charge on any atom is -0.462 e. The Bertz CT molecular complexity index is 3200. The highest BCUT2D eigenvalue weighted by Crippen LogP contribution is 2.46. The van der Waals surface area contributed by atoms with Gasteiger partial charge >= 0.3 is 11.9 Å². The Morgan fingerprint density at radius 1 is 0.379 bits per heavy atom. The normalized spacial score (nSPS) is 11.6. The molecule has 0 radical (unpaired) electrons. The van der Waals surface area contributed by atoms with E-state index in [1.807, 2.05) is 44.2 Å². The quantitative estimate of drug-likeness (QED) is 0.0881. The van der Waals surface area contributed by atoms with Crippen molar-refractivity contribution in [2.75, 3.05) is 13.2 Å². The lowest BCUT2D eigenvalue weighted by molar-refractivity contribution is 0.0513. The van der Waals surface area contributed by atoms with Gasteiger partial charge in [-0.05, 0) is 130 Å². The van der Waals surface area contributed by atoms with Crippen molar-refractivity contribution < 1.29 is 19.1 Å². The number of ether oxygens (including phenoxy) is 2. The number of hydrogen-bond donors (Lipinski definition) is 0. The molecule has 4 nitrogen and oxygen atoms in total. The van der Waals surface area contributed by atoms with Gasteiger partial charge in [0.2, 0.25) is 0 Å². The summed E-state index contributed by atoms with van der Waals surface area (Å²) in [6.07, 6.45) is 0. The van der Waals surface area contributed by atoms with Crippen molar-refractivity contribution in [2.45, 2.75) is 13.8 Å². The van der Waals surface area contributed by atoms with Gasteiger partial charge in [-0.3, -0.25) is 0 Å². The predicted octanol–water partition coefficient (Wildman–Crippen LogP) is 13.9. The van der Waals surface area contributed by atoms with Crippen molar-refractivity contribution in [3.05, 3.63) is 181 Å². The van der Waals surface area contributed by atoms with Crippen LogP contribution in [0.1, 0.15) is 34.6 Å². The van der Waals surface area contributed by atoms with E-state index in [2.05, 4.69) is 140 Å². The Labute approximate surface area is 336 Å². The molecule has 10 rings (SSSR count).